The van der Waals surface area contributed by atoms with Crippen molar-refractivity contribution < 1.29 is 9.13 Å². The van der Waals surface area contributed by atoms with Crippen molar-refractivity contribution in [1.29, 1.82) is 0 Å². The fraction of sp³-hybridized carbons (Fsp3) is 0.655. The van der Waals surface area contributed by atoms with Crippen LogP contribution in [0, 0.1) is 23.6 Å². The van der Waals surface area contributed by atoms with Gasteiger partial charge in [-0.05, 0) is 86.1 Å². The van der Waals surface area contributed by atoms with Crippen LogP contribution in [0.4, 0.5) is 4.39 Å². The highest BCUT2D eigenvalue weighted by Gasteiger charge is 2.31. The molecule has 1 nitrogen and oxygen atoms in total. The van der Waals surface area contributed by atoms with Crippen LogP contribution in [0.25, 0.3) is 10.8 Å². The van der Waals surface area contributed by atoms with Crippen LogP contribution in [-0.2, 0) is 0 Å². The smallest absolute Gasteiger partial charge is 0.172 e. The SMILES string of the molecule is CCCCCC1CCC(C2CCC(c3ccc4c(F)c(OCC)ccc4c3)CC2)CC1. The van der Waals surface area contributed by atoms with Crippen molar-refractivity contribution in [2.45, 2.75) is 96.8 Å². The monoisotopic (exact) mass is 424 g/mol. The highest BCUT2D eigenvalue weighted by atomic mass is 19.1. The number of fused-ring (bicyclic) bond motifs is 1. The lowest BCUT2D eigenvalue weighted by Gasteiger charge is -2.38. The van der Waals surface area contributed by atoms with Gasteiger partial charge in [0.25, 0.3) is 0 Å². The summed E-state index contributed by atoms with van der Waals surface area (Å²) >= 11 is 0. The van der Waals surface area contributed by atoms with Crippen molar-refractivity contribution in [2.75, 3.05) is 6.61 Å². The third-order valence-electron chi connectivity index (χ3n) is 8.26. The van der Waals surface area contributed by atoms with Gasteiger partial charge in [0.05, 0.1) is 6.61 Å². The second-order valence-electron chi connectivity index (χ2n) is 10.2. The van der Waals surface area contributed by atoms with Gasteiger partial charge in [0.2, 0.25) is 0 Å². The Morgan fingerprint density at radius 3 is 2.23 bits per heavy atom. The number of unbranched alkanes of at least 4 members (excludes halogenated alkanes) is 2. The van der Waals surface area contributed by atoms with Gasteiger partial charge in [-0.1, -0.05) is 69.7 Å². The highest BCUT2D eigenvalue weighted by Crippen LogP contribution is 2.45. The first kappa shape index (κ1) is 22.6. The molecule has 0 spiro atoms. The molecule has 4 rings (SSSR count). The molecule has 0 N–H and O–H groups in total. The molecule has 2 fully saturated rings. The van der Waals surface area contributed by atoms with Crippen molar-refractivity contribution in [3.05, 3.63) is 41.7 Å². The van der Waals surface area contributed by atoms with E-state index in [4.69, 9.17) is 4.74 Å². The van der Waals surface area contributed by atoms with Gasteiger partial charge in [0.1, 0.15) is 0 Å². The summed E-state index contributed by atoms with van der Waals surface area (Å²) in [5.74, 6) is 3.72. The van der Waals surface area contributed by atoms with E-state index >= 15 is 0 Å². The Labute approximate surface area is 188 Å². The van der Waals surface area contributed by atoms with Gasteiger partial charge in [-0.15, -0.1) is 0 Å². The molecule has 31 heavy (non-hydrogen) atoms. The Hall–Kier alpha value is -1.57. The molecule has 0 atom stereocenters. The fourth-order valence-corrected chi connectivity index (χ4v) is 6.37. The van der Waals surface area contributed by atoms with E-state index in [0.29, 0.717) is 23.7 Å². The second-order valence-corrected chi connectivity index (χ2v) is 10.2. The first-order chi connectivity index (χ1) is 15.2. The molecule has 170 valence electrons. The minimum atomic E-state index is -0.222. The number of hydrogen-bond donors (Lipinski definition) is 0. The standard InChI is InChI=1S/C29H41FO/c1-3-5-6-7-21-8-10-22(11-9-21)23-12-14-24(15-13-23)25-16-18-27-26(20-25)17-19-28(29(27)30)31-4-2/h16-24H,3-15H2,1-2H3. The van der Waals surface area contributed by atoms with Crippen LogP contribution < -0.4 is 4.74 Å². The van der Waals surface area contributed by atoms with E-state index in [2.05, 4.69) is 19.1 Å². The zero-order chi connectivity index (χ0) is 21.6. The van der Waals surface area contributed by atoms with Crippen LogP contribution >= 0.6 is 0 Å². The topological polar surface area (TPSA) is 9.23 Å². The molecule has 2 aromatic rings. The molecule has 0 aliphatic heterocycles. The van der Waals surface area contributed by atoms with Crippen LogP contribution in [0.1, 0.15) is 102 Å². The van der Waals surface area contributed by atoms with E-state index in [1.807, 2.05) is 19.1 Å². The molecule has 2 saturated carbocycles. The fourth-order valence-electron chi connectivity index (χ4n) is 6.37. The summed E-state index contributed by atoms with van der Waals surface area (Å²) in [7, 11) is 0. The summed E-state index contributed by atoms with van der Waals surface area (Å²) < 4.78 is 20.1. The van der Waals surface area contributed by atoms with Crippen LogP contribution in [-0.4, -0.2) is 6.61 Å². The van der Waals surface area contributed by atoms with Crippen molar-refractivity contribution in [2.24, 2.45) is 17.8 Å². The second kappa shape index (κ2) is 10.8. The Balaban J connectivity index is 1.31. The maximum absolute atomic E-state index is 14.7. The molecule has 0 unspecified atom stereocenters. The molecule has 0 aromatic heterocycles. The molecule has 0 amide bonds. The van der Waals surface area contributed by atoms with Gasteiger partial charge in [-0.2, -0.15) is 0 Å². The van der Waals surface area contributed by atoms with E-state index in [1.54, 1.807) is 6.07 Å². The lowest BCUT2D eigenvalue weighted by atomic mass is 9.68. The number of halogens is 1. The van der Waals surface area contributed by atoms with E-state index < -0.39 is 0 Å². The summed E-state index contributed by atoms with van der Waals surface area (Å²) in [6.07, 6.45) is 16.9. The quantitative estimate of drug-likeness (QED) is 0.384. The van der Waals surface area contributed by atoms with E-state index in [1.165, 1.54) is 82.6 Å². The number of hydrogen-bond acceptors (Lipinski definition) is 1. The Bertz CT molecular complexity index is 828. The average Bonchev–Trinajstić information content (AvgIpc) is 2.82. The van der Waals surface area contributed by atoms with E-state index in [-0.39, 0.29) is 5.82 Å². The average molecular weight is 425 g/mol. The molecule has 2 aliphatic carbocycles. The predicted octanol–water partition coefficient (Wildman–Crippen LogP) is 9.04. The normalized spacial score (nSPS) is 26.8. The number of rotatable bonds is 8. The van der Waals surface area contributed by atoms with Gasteiger partial charge in [0.15, 0.2) is 11.6 Å². The molecule has 0 heterocycles. The summed E-state index contributed by atoms with van der Waals surface area (Å²) in [5, 5.41) is 1.68. The molecule has 0 saturated heterocycles. The van der Waals surface area contributed by atoms with Gasteiger partial charge in [0, 0.05) is 5.39 Å². The summed E-state index contributed by atoms with van der Waals surface area (Å²) in [6.45, 7) is 4.69. The first-order valence-electron chi connectivity index (χ1n) is 13.0. The van der Waals surface area contributed by atoms with Gasteiger partial charge in [-0.3, -0.25) is 0 Å². The van der Waals surface area contributed by atoms with E-state index in [9.17, 15) is 4.39 Å². The van der Waals surface area contributed by atoms with Gasteiger partial charge >= 0.3 is 0 Å². The molecule has 0 bridgehead atoms. The van der Waals surface area contributed by atoms with Crippen LogP contribution in [0.5, 0.6) is 5.75 Å². The Kier molecular flexibility index (Phi) is 7.91. The van der Waals surface area contributed by atoms with Crippen molar-refractivity contribution in [3.63, 3.8) is 0 Å². The maximum Gasteiger partial charge on any atom is 0.172 e. The Morgan fingerprint density at radius 1 is 0.839 bits per heavy atom. The first-order valence-corrected chi connectivity index (χ1v) is 13.0. The van der Waals surface area contributed by atoms with E-state index in [0.717, 1.165) is 23.1 Å². The zero-order valence-corrected chi connectivity index (χ0v) is 19.7. The van der Waals surface area contributed by atoms with Crippen LogP contribution in [0.2, 0.25) is 0 Å². The number of benzene rings is 2. The van der Waals surface area contributed by atoms with Gasteiger partial charge in [-0.25, -0.2) is 4.39 Å². The Morgan fingerprint density at radius 2 is 1.55 bits per heavy atom. The highest BCUT2D eigenvalue weighted by molar-refractivity contribution is 5.85. The van der Waals surface area contributed by atoms with Crippen LogP contribution in [0.3, 0.4) is 0 Å². The minimum Gasteiger partial charge on any atom is -0.491 e. The zero-order valence-electron chi connectivity index (χ0n) is 19.7. The molecular formula is C29H41FO. The predicted molar refractivity (Wildman–Crippen MR) is 129 cm³/mol. The van der Waals surface area contributed by atoms with Crippen molar-refractivity contribution in [3.8, 4) is 5.75 Å². The molecule has 0 radical (unpaired) electrons. The van der Waals surface area contributed by atoms with Crippen molar-refractivity contribution in [1.82, 2.24) is 0 Å². The largest absolute Gasteiger partial charge is 0.491 e. The molecule has 2 aliphatic rings. The third kappa shape index (κ3) is 5.44. The third-order valence-corrected chi connectivity index (χ3v) is 8.26. The minimum absolute atomic E-state index is 0.222. The molecule has 2 heteroatoms. The summed E-state index contributed by atoms with van der Waals surface area (Å²) in [4.78, 5) is 0. The molecular weight excluding hydrogens is 383 g/mol. The molecule has 2 aromatic carbocycles. The van der Waals surface area contributed by atoms with Crippen molar-refractivity contribution >= 4 is 10.8 Å². The van der Waals surface area contributed by atoms with Crippen LogP contribution in [0.15, 0.2) is 30.3 Å². The number of ether oxygens (including phenoxy) is 1. The summed E-state index contributed by atoms with van der Waals surface area (Å²) in [6, 6.07) is 10.1. The maximum atomic E-state index is 14.7. The van der Waals surface area contributed by atoms with Gasteiger partial charge < -0.3 is 4.74 Å². The lowest BCUT2D eigenvalue weighted by Crippen LogP contribution is -2.25. The summed E-state index contributed by atoms with van der Waals surface area (Å²) in [5.41, 5.74) is 1.40. The lowest BCUT2D eigenvalue weighted by molar-refractivity contribution is 0.155.